The molecule has 0 aliphatic rings. The van der Waals surface area contributed by atoms with Gasteiger partial charge in [-0.3, -0.25) is 4.79 Å². The van der Waals surface area contributed by atoms with Gasteiger partial charge in [0.15, 0.2) is 5.78 Å². The molecule has 0 aliphatic carbocycles. The van der Waals surface area contributed by atoms with Gasteiger partial charge in [-0.25, -0.2) is 0 Å². The van der Waals surface area contributed by atoms with Gasteiger partial charge in [0.05, 0.1) is 0 Å². The SMILES string of the molecule is CCCCCCC(C)(C)C(=O)c1ccccc1. The second-order valence-electron chi connectivity index (χ2n) is 5.39. The lowest BCUT2D eigenvalue weighted by Crippen LogP contribution is -2.24. The summed E-state index contributed by atoms with van der Waals surface area (Å²) in [6.07, 6.45) is 5.89. The Morgan fingerprint density at radius 1 is 1.06 bits per heavy atom. The molecule has 0 heterocycles. The third kappa shape index (κ3) is 4.33. The molecule has 0 fully saturated rings. The van der Waals surface area contributed by atoms with Gasteiger partial charge in [-0.2, -0.15) is 0 Å². The minimum absolute atomic E-state index is 0.227. The molecule has 0 radical (unpaired) electrons. The predicted octanol–water partition coefficient (Wildman–Crippen LogP) is 4.87. The van der Waals surface area contributed by atoms with Crippen LogP contribution in [-0.2, 0) is 0 Å². The molecule has 0 amide bonds. The van der Waals surface area contributed by atoms with Crippen LogP contribution in [-0.4, -0.2) is 5.78 Å². The van der Waals surface area contributed by atoms with Gasteiger partial charge in [0.25, 0.3) is 0 Å². The van der Waals surface area contributed by atoms with Gasteiger partial charge in [-0.1, -0.05) is 76.8 Å². The van der Waals surface area contributed by atoms with Gasteiger partial charge in [0.1, 0.15) is 0 Å². The molecule has 94 valence electrons. The van der Waals surface area contributed by atoms with Gasteiger partial charge in [0, 0.05) is 11.0 Å². The maximum Gasteiger partial charge on any atom is 0.168 e. The Balaban J connectivity index is 2.55. The van der Waals surface area contributed by atoms with E-state index < -0.39 is 0 Å². The summed E-state index contributed by atoms with van der Waals surface area (Å²) in [7, 11) is 0. The number of benzene rings is 1. The predicted molar refractivity (Wildman–Crippen MR) is 73.3 cm³/mol. The number of hydrogen-bond acceptors (Lipinski definition) is 1. The van der Waals surface area contributed by atoms with Gasteiger partial charge in [0.2, 0.25) is 0 Å². The Labute approximate surface area is 105 Å². The van der Waals surface area contributed by atoms with Crippen LogP contribution in [0.25, 0.3) is 0 Å². The van der Waals surface area contributed by atoms with Crippen LogP contribution >= 0.6 is 0 Å². The molecule has 0 aliphatic heterocycles. The van der Waals surface area contributed by atoms with Crippen molar-refractivity contribution in [3.05, 3.63) is 35.9 Å². The van der Waals surface area contributed by atoms with Crippen molar-refractivity contribution in [3.8, 4) is 0 Å². The molecule has 1 rings (SSSR count). The van der Waals surface area contributed by atoms with Crippen molar-refractivity contribution < 1.29 is 4.79 Å². The Kier molecular flexibility index (Phi) is 5.40. The largest absolute Gasteiger partial charge is 0.294 e. The maximum atomic E-state index is 12.3. The van der Waals surface area contributed by atoms with Gasteiger partial charge in [-0.15, -0.1) is 0 Å². The molecule has 17 heavy (non-hydrogen) atoms. The van der Waals surface area contributed by atoms with Crippen molar-refractivity contribution in [2.45, 2.75) is 52.9 Å². The standard InChI is InChI=1S/C16H24O/c1-4-5-6-10-13-16(2,3)15(17)14-11-8-7-9-12-14/h7-9,11-12H,4-6,10,13H2,1-3H3. The lowest BCUT2D eigenvalue weighted by molar-refractivity contribution is 0.0822. The number of rotatable bonds is 7. The molecule has 1 aromatic carbocycles. The van der Waals surface area contributed by atoms with Gasteiger partial charge in [-0.05, 0) is 6.42 Å². The maximum absolute atomic E-state index is 12.3. The average molecular weight is 232 g/mol. The van der Waals surface area contributed by atoms with Crippen LogP contribution < -0.4 is 0 Å². The fraction of sp³-hybridized carbons (Fsp3) is 0.562. The number of carbonyl (C=O) groups is 1. The number of ketones is 1. The van der Waals surface area contributed by atoms with E-state index >= 15 is 0 Å². The van der Waals surface area contributed by atoms with E-state index in [4.69, 9.17) is 0 Å². The molecule has 0 aromatic heterocycles. The molecule has 1 aromatic rings. The summed E-state index contributed by atoms with van der Waals surface area (Å²) in [5, 5.41) is 0. The van der Waals surface area contributed by atoms with Crippen molar-refractivity contribution in [3.63, 3.8) is 0 Å². The lowest BCUT2D eigenvalue weighted by Gasteiger charge is -2.23. The fourth-order valence-electron chi connectivity index (χ4n) is 2.09. The first kappa shape index (κ1) is 14.0. The number of hydrogen-bond donors (Lipinski definition) is 0. The van der Waals surface area contributed by atoms with E-state index in [1.165, 1.54) is 19.3 Å². The normalized spacial score (nSPS) is 11.5. The summed E-state index contributed by atoms with van der Waals surface area (Å²) >= 11 is 0. The second kappa shape index (κ2) is 6.58. The third-order valence-electron chi connectivity index (χ3n) is 3.31. The highest BCUT2D eigenvalue weighted by Crippen LogP contribution is 2.28. The van der Waals surface area contributed by atoms with Crippen molar-refractivity contribution >= 4 is 5.78 Å². The molecule has 0 N–H and O–H groups in total. The van der Waals surface area contributed by atoms with Gasteiger partial charge < -0.3 is 0 Å². The van der Waals surface area contributed by atoms with Crippen molar-refractivity contribution in [2.24, 2.45) is 5.41 Å². The minimum Gasteiger partial charge on any atom is -0.294 e. The summed E-state index contributed by atoms with van der Waals surface area (Å²) < 4.78 is 0. The first-order chi connectivity index (χ1) is 8.08. The zero-order valence-corrected chi connectivity index (χ0v) is 11.3. The molecule has 1 nitrogen and oxygen atoms in total. The smallest absolute Gasteiger partial charge is 0.168 e. The summed E-state index contributed by atoms with van der Waals surface area (Å²) in [4.78, 5) is 12.3. The molecule has 0 saturated carbocycles. The van der Waals surface area contributed by atoms with Crippen LogP contribution in [0.1, 0.15) is 63.2 Å². The van der Waals surface area contributed by atoms with Crippen LogP contribution in [0.4, 0.5) is 0 Å². The number of unbranched alkanes of at least 4 members (excludes halogenated alkanes) is 3. The first-order valence-corrected chi connectivity index (χ1v) is 6.68. The molecule has 0 unspecified atom stereocenters. The van der Waals surface area contributed by atoms with Crippen LogP contribution in [0.3, 0.4) is 0 Å². The summed E-state index contributed by atoms with van der Waals surface area (Å²) in [5.74, 6) is 0.273. The highest BCUT2D eigenvalue weighted by Gasteiger charge is 2.27. The highest BCUT2D eigenvalue weighted by atomic mass is 16.1. The molecular formula is C16H24O. The topological polar surface area (TPSA) is 17.1 Å². The minimum atomic E-state index is -0.227. The summed E-state index contributed by atoms with van der Waals surface area (Å²) in [6, 6.07) is 9.64. The quantitative estimate of drug-likeness (QED) is 0.484. The first-order valence-electron chi connectivity index (χ1n) is 6.68. The van der Waals surface area contributed by atoms with Crippen molar-refractivity contribution in [1.29, 1.82) is 0 Å². The second-order valence-corrected chi connectivity index (χ2v) is 5.39. The summed E-state index contributed by atoms with van der Waals surface area (Å²) in [5.41, 5.74) is 0.614. The average Bonchev–Trinajstić information content (AvgIpc) is 2.35. The van der Waals surface area contributed by atoms with Crippen LogP contribution in [0, 0.1) is 5.41 Å². The Morgan fingerprint density at radius 2 is 1.71 bits per heavy atom. The molecular weight excluding hydrogens is 208 g/mol. The zero-order valence-electron chi connectivity index (χ0n) is 11.3. The number of Topliss-reactive ketones (excluding diaryl/α,β-unsaturated/α-hetero) is 1. The van der Waals surface area contributed by atoms with E-state index in [1.807, 2.05) is 30.3 Å². The highest BCUT2D eigenvalue weighted by molar-refractivity contribution is 5.99. The van der Waals surface area contributed by atoms with Crippen LogP contribution in [0.5, 0.6) is 0 Å². The van der Waals surface area contributed by atoms with E-state index in [2.05, 4.69) is 20.8 Å². The van der Waals surface area contributed by atoms with E-state index in [9.17, 15) is 4.79 Å². The molecule has 0 spiro atoms. The summed E-state index contributed by atoms with van der Waals surface area (Å²) in [6.45, 7) is 6.34. The monoisotopic (exact) mass is 232 g/mol. The molecule has 0 bridgehead atoms. The van der Waals surface area contributed by atoms with E-state index in [1.54, 1.807) is 0 Å². The Bertz CT molecular complexity index is 338. The third-order valence-corrected chi connectivity index (χ3v) is 3.31. The van der Waals surface area contributed by atoms with Crippen molar-refractivity contribution in [2.75, 3.05) is 0 Å². The Morgan fingerprint density at radius 3 is 2.29 bits per heavy atom. The van der Waals surface area contributed by atoms with Crippen LogP contribution in [0.15, 0.2) is 30.3 Å². The van der Waals surface area contributed by atoms with E-state index in [0.29, 0.717) is 0 Å². The molecule has 0 atom stereocenters. The van der Waals surface area contributed by atoms with Gasteiger partial charge >= 0.3 is 0 Å². The molecule has 1 heteroatoms. The zero-order chi connectivity index (χ0) is 12.7. The van der Waals surface area contributed by atoms with E-state index in [0.717, 1.165) is 18.4 Å². The van der Waals surface area contributed by atoms with E-state index in [-0.39, 0.29) is 11.2 Å². The molecule has 0 saturated heterocycles. The van der Waals surface area contributed by atoms with Crippen molar-refractivity contribution in [1.82, 2.24) is 0 Å². The fourth-order valence-corrected chi connectivity index (χ4v) is 2.09. The number of carbonyl (C=O) groups excluding carboxylic acids is 1. The van der Waals surface area contributed by atoms with Crippen LogP contribution in [0.2, 0.25) is 0 Å². The Hall–Kier alpha value is -1.11. The lowest BCUT2D eigenvalue weighted by atomic mass is 9.80.